The predicted molar refractivity (Wildman–Crippen MR) is 93.7 cm³/mol. The Balaban J connectivity index is 1.73. The molecule has 0 aliphatic carbocycles. The molecule has 1 aromatic rings. The maximum absolute atomic E-state index is 4.32. The largest absolute Gasteiger partial charge is 0.355 e. The van der Waals surface area contributed by atoms with Crippen LogP contribution in [0.25, 0.3) is 0 Å². The molecule has 1 saturated heterocycles. The fourth-order valence-corrected chi connectivity index (χ4v) is 3.18. The number of guanidine groups is 1. The summed E-state index contributed by atoms with van der Waals surface area (Å²) in [6.45, 7) is 9.32. The van der Waals surface area contributed by atoms with Gasteiger partial charge in [0, 0.05) is 39.1 Å². The highest BCUT2D eigenvalue weighted by Crippen LogP contribution is 2.15. The molecule has 1 atom stereocenters. The van der Waals surface area contributed by atoms with Crippen molar-refractivity contribution in [2.24, 2.45) is 4.99 Å². The van der Waals surface area contributed by atoms with Crippen molar-refractivity contribution in [3.63, 3.8) is 0 Å². The van der Waals surface area contributed by atoms with Crippen LogP contribution in [0.2, 0.25) is 0 Å². The lowest BCUT2D eigenvalue weighted by Crippen LogP contribution is -2.49. The molecule has 0 radical (unpaired) electrons. The average molecular weight is 321 g/mol. The van der Waals surface area contributed by atoms with E-state index in [0.29, 0.717) is 6.04 Å². The zero-order valence-corrected chi connectivity index (χ0v) is 14.8. The monoisotopic (exact) mass is 321 g/mol. The topological polar surface area (TPSA) is 70.4 Å². The predicted octanol–water partition coefficient (Wildman–Crippen LogP) is 0.880. The Morgan fingerprint density at radius 3 is 2.96 bits per heavy atom. The Labute approximate surface area is 139 Å². The number of likely N-dealkylation sites (tertiary alicyclic amines) is 1. The van der Waals surface area contributed by atoms with Crippen molar-refractivity contribution in [1.29, 1.82) is 0 Å². The first-order chi connectivity index (χ1) is 11.3. The molecule has 1 aliphatic rings. The van der Waals surface area contributed by atoms with E-state index in [0.717, 1.165) is 44.4 Å². The molecule has 1 aliphatic heterocycles. The number of rotatable bonds is 7. The number of hydrogen-bond donors (Lipinski definition) is 2. The Bertz CT molecular complexity index is 483. The second kappa shape index (κ2) is 9.50. The van der Waals surface area contributed by atoms with Crippen molar-refractivity contribution < 1.29 is 0 Å². The van der Waals surface area contributed by atoms with Gasteiger partial charge in [-0.2, -0.15) is 0 Å². The molecular formula is C16H31N7. The van der Waals surface area contributed by atoms with E-state index in [-0.39, 0.29) is 0 Å². The van der Waals surface area contributed by atoms with Crippen LogP contribution in [0.4, 0.5) is 0 Å². The van der Waals surface area contributed by atoms with Gasteiger partial charge in [-0.05, 0) is 25.9 Å². The molecule has 7 nitrogen and oxygen atoms in total. The summed E-state index contributed by atoms with van der Waals surface area (Å²) in [5, 5.41) is 14.9. The molecule has 0 spiro atoms. The van der Waals surface area contributed by atoms with Crippen LogP contribution in [0.3, 0.4) is 0 Å². The smallest absolute Gasteiger partial charge is 0.191 e. The number of nitrogens with zero attached hydrogens (tertiary/aromatic N) is 5. The van der Waals surface area contributed by atoms with Gasteiger partial charge >= 0.3 is 0 Å². The van der Waals surface area contributed by atoms with Crippen molar-refractivity contribution in [3.8, 4) is 0 Å². The molecule has 2 heterocycles. The van der Waals surface area contributed by atoms with E-state index in [4.69, 9.17) is 0 Å². The van der Waals surface area contributed by atoms with Gasteiger partial charge in [-0.1, -0.05) is 20.3 Å². The van der Waals surface area contributed by atoms with E-state index in [9.17, 15) is 0 Å². The molecule has 1 fully saturated rings. The molecule has 2 rings (SSSR count). The van der Waals surface area contributed by atoms with Crippen LogP contribution in [0.1, 0.15) is 38.9 Å². The minimum Gasteiger partial charge on any atom is -0.355 e. The molecule has 0 bridgehead atoms. The quantitative estimate of drug-likeness (QED) is 0.576. The maximum Gasteiger partial charge on any atom is 0.191 e. The number of nitrogens with one attached hydrogen (secondary N) is 2. The van der Waals surface area contributed by atoms with E-state index < -0.39 is 0 Å². The van der Waals surface area contributed by atoms with Gasteiger partial charge in [0.25, 0.3) is 0 Å². The van der Waals surface area contributed by atoms with Crippen molar-refractivity contribution in [1.82, 2.24) is 30.3 Å². The SMILES string of the molecule is CCc1nncn1CCNC(=NC)NCC1CCCCN1CC. The molecule has 23 heavy (non-hydrogen) atoms. The molecule has 130 valence electrons. The van der Waals surface area contributed by atoms with E-state index in [1.54, 1.807) is 6.33 Å². The third-order valence-electron chi connectivity index (χ3n) is 4.54. The minimum atomic E-state index is 0.622. The van der Waals surface area contributed by atoms with E-state index >= 15 is 0 Å². The van der Waals surface area contributed by atoms with E-state index in [1.165, 1.54) is 25.8 Å². The fraction of sp³-hybridized carbons (Fsp3) is 0.812. The van der Waals surface area contributed by atoms with Gasteiger partial charge in [0.15, 0.2) is 5.96 Å². The van der Waals surface area contributed by atoms with Crippen molar-refractivity contribution in [2.75, 3.05) is 33.2 Å². The highest BCUT2D eigenvalue weighted by Gasteiger charge is 2.20. The summed E-state index contributed by atoms with van der Waals surface area (Å²) in [4.78, 5) is 6.88. The van der Waals surface area contributed by atoms with Crippen LogP contribution in [0.15, 0.2) is 11.3 Å². The van der Waals surface area contributed by atoms with Crippen molar-refractivity contribution >= 4 is 5.96 Å². The standard InChI is InChI=1S/C16H31N7/c1-4-15-21-20-13-23(15)11-9-18-16(17-3)19-12-14-8-6-7-10-22(14)5-2/h13-14H,4-12H2,1-3H3,(H2,17,18,19). The average Bonchev–Trinajstić information content (AvgIpc) is 3.05. The zero-order chi connectivity index (χ0) is 16.5. The summed E-state index contributed by atoms with van der Waals surface area (Å²) in [7, 11) is 1.82. The summed E-state index contributed by atoms with van der Waals surface area (Å²) < 4.78 is 2.08. The van der Waals surface area contributed by atoms with Gasteiger partial charge in [-0.15, -0.1) is 10.2 Å². The molecule has 0 saturated carbocycles. The van der Waals surface area contributed by atoms with Gasteiger partial charge in [0.05, 0.1) is 0 Å². The second-order valence-electron chi connectivity index (χ2n) is 5.95. The van der Waals surface area contributed by atoms with Crippen LogP contribution in [0, 0.1) is 0 Å². The Morgan fingerprint density at radius 2 is 2.22 bits per heavy atom. The van der Waals surface area contributed by atoms with Gasteiger partial charge in [0.1, 0.15) is 12.2 Å². The third kappa shape index (κ3) is 5.20. The lowest BCUT2D eigenvalue weighted by atomic mass is 10.0. The Morgan fingerprint density at radius 1 is 1.35 bits per heavy atom. The zero-order valence-electron chi connectivity index (χ0n) is 14.8. The third-order valence-corrected chi connectivity index (χ3v) is 4.54. The second-order valence-corrected chi connectivity index (χ2v) is 5.95. The molecule has 0 amide bonds. The summed E-state index contributed by atoms with van der Waals surface area (Å²) in [6.07, 6.45) is 6.64. The normalized spacial score (nSPS) is 19.8. The Hall–Kier alpha value is -1.63. The van der Waals surface area contributed by atoms with Gasteiger partial charge in [-0.3, -0.25) is 9.89 Å². The van der Waals surface area contributed by atoms with Gasteiger partial charge in [-0.25, -0.2) is 0 Å². The first kappa shape index (κ1) is 17.7. The first-order valence-electron chi connectivity index (χ1n) is 8.83. The Kier molecular flexibility index (Phi) is 7.32. The number of piperidine rings is 1. The summed E-state index contributed by atoms with van der Waals surface area (Å²) >= 11 is 0. The van der Waals surface area contributed by atoms with Crippen LogP contribution in [0.5, 0.6) is 0 Å². The van der Waals surface area contributed by atoms with Crippen LogP contribution in [-0.2, 0) is 13.0 Å². The molecule has 1 aromatic heterocycles. The van der Waals surface area contributed by atoms with Gasteiger partial charge < -0.3 is 15.2 Å². The van der Waals surface area contributed by atoms with E-state index in [2.05, 4.69) is 49.1 Å². The van der Waals surface area contributed by atoms with Crippen LogP contribution < -0.4 is 10.6 Å². The number of aromatic nitrogens is 3. The van der Waals surface area contributed by atoms with Crippen LogP contribution >= 0.6 is 0 Å². The molecule has 7 heteroatoms. The molecule has 1 unspecified atom stereocenters. The summed E-state index contributed by atoms with van der Waals surface area (Å²) in [6, 6.07) is 0.622. The summed E-state index contributed by atoms with van der Waals surface area (Å²) in [5.74, 6) is 1.90. The van der Waals surface area contributed by atoms with Crippen LogP contribution in [-0.4, -0.2) is 64.9 Å². The fourth-order valence-electron chi connectivity index (χ4n) is 3.18. The highest BCUT2D eigenvalue weighted by atomic mass is 15.3. The molecular weight excluding hydrogens is 290 g/mol. The lowest BCUT2D eigenvalue weighted by Gasteiger charge is -2.35. The van der Waals surface area contributed by atoms with Crippen molar-refractivity contribution in [3.05, 3.63) is 12.2 Å². The highest BCUT2D eigenvalue weighted by molar-refractivity contribution is 5.79. The first-order valence-corrected chi connectivity index (χ1v) is 8.83. The number of aliphatic imine (C=N–C) groups is 1. The van der Waals surface area contributed by atoms with Crippen molar-refractivity contribution in [2.45, 2.75) is 52.1 Å². The lowest BCUT2D eigenvalue weighted by molar-refractivity contribution is 0.157. The van der Waals surface area contributed by atoms with Gasteiger partial charge in [0.2, 0.25) is 0 Å². The molecule has 2 N–H and O–H groups in total. The number of aryl methyl sites for hydroxylation is 1. The number of likely N-dealkylation sites (N-methyl/N-ethyl adjacent to an activating group) is 1. The minimum absolute atomic E-state index is 0.622. The molecule has 0 aromatic carbocycles. The maximum atomic E-state index is 4.32. The van der Waals surface area contributed by atoms with E-state index in [1.807, 2.05) is 7.05 Å². The summed E-state index contributed by atoms with van der Waals surface area (Å²) in [5.41, 5.74) is 0. The number of hydrogen-bond acceptors (Lipinski definition) is 4.